The summed E-state index contributed by atoms with van der Waals surface area (Å²) in [6, 6.07) is 7.58. The third-order valence-corrected chi connectivity index (χ3v) is 7.64. The number of rotatable bonds is 2. The molecule has 0 unspecified atom stereocenters. The topological polar surface area (TPSA) is 46.2 Å². The largest absolute Gasteiger partial charge is 0.417 e. The molecule has 0 aromatic heterocycles. The molecule has 2 aromatic rings. The third kappa shape index (κ3) is 4.45. The number of nitrogens with one attached hydrogen (secondary N) is 1. The highest BCUT2D eigenvalue weighted by Crippen LogP contribution is 2.50. The van der Waals surface area contributed by atoms with Crippen molar-refractivity contribution < 1.29 is 22.8 Å². The molecule has 1 N–H and O–H groups in total. The standard InChI is InChI=1S/C25H23ClF3NO2S/c1-23(2)7-8-24(3,4)18-12-16(25(27,28)29)15(11-17(18)23)14-6-5-13(9-19(14)26)10-20-21(31)30-22(32)33-20/h5-6,9-12H,7-8H2,1-4H3,(H,30,31,32)/b20-10+. The first kappa shape index (κ1) is 23.9. The van der Waals surface area contributed by atoms with E-state index >= 15 is 0 Å². The number of hydrogen-bond donors (Lipinski definition) is 1. The van der Waals surface area contributed by atoms with Gasteiger partial charge in [-0.1, -0.05) is 51.4 Å². The maximum absolute atomic E-state index is 14.2. The van der Waals surface area contributed by atoms with Crippen LogP contribution >= 0.6 is 23.4 Å². The molecule has 174 valence electrons. The van der Waals surface area contributed by atoms with Crippen LogP contribution in [0.25, 0.3) is 17.2 Å². The van der Waals surface area contributed by atoms with Crippen LogP contribution in [-0.4, -0.2) is 11.1 Å². The van der Waals surface area contributed by atoms with Crippen LogP contribution < -0.4 is 5.32 Å². The summed E-state index contributed by atoms with van der Waals surface area (Å²) in [5.41, 5.74) is 1.12. The Morgan fingerprint density at radius 2 is 1.58 bits per heavy atom. The molecule has 33 heavy (non-hydrogen) atoms. The Balaban J connectivity index is 1.88. The second kappa shape index (κ2) is 7.91. The Hall–Kier alpha value is -2.25. The number of thioether (sulfide) groups is 1. The van der Waals surface area contributed by atoms with Crippen LogP contribution in [0.15, 0.2) is 35.2 Å². The minimum Gasteiger partial charge on any atom is -0.282 e. The molecule has 0 saturated carbocycles. The van der Waals surface area contributed by atoms with E-state index in [0.717, 1.165) is 35.7 Å². The van der Waals surface area contributed by atoms with Crippen molar-refractivity contribution in [3.8, 4) is 11.1 Å². The Kier molecular flexibility index (Phi) is 5.73. The maximum Gasteiger partial charge on any atom is 0.417 e. The molecule has 0 bridgehead atoms. The molecular formula is C25H23ClF3NO2S. The number of imide groups is 1. The first-order valence-electron chi connectivity index (χ1n) is 10.5. The zero-order valence-corrected chi connectivity index (χ0v) is 20.2. The van der Waals surface area contributed by atoms with Crippen molar-refractivity contribution >= 4 is 40.6 Å². The van der Waals surface area contributed by atoms with Gasteiger partial charge >= 0.3 is 6.18 Å². The van der Waals surface area contributed by atoms with Crippen molar-refractivity contribution in [2.24, 2.45) is 0 Å². The van der Waals surface area contributed by atoms with Gasteiger partial charge in [0.15, 0.2) is 0 Å². The summed E-state index contributed by atoms with van der Waals surface area (Å²) in [6.45, 7) is 8.08. The smallest absolute Gasteiger partial charge is 0.282 e. The van der Waals surface area contributed by atoms with Crippen LogP contribution in [0.3, 0.4) is 0 Å². The predicted molar refractivity (Wildman–Crippen MR) is 126 cm³/mol. The van der Waals surface area contributed by atoms with E-state index in [1.165, 1.54) is 24.3 Å². The summed E-state index contributed by atoms with van der Waals surface area (Å²) < 4.78 is 42.5. The summed E-state index contributed by atoms with van der Waals surface area (Å²) in [5, 5.41) is 1.83. The predicted octanol–water partition coefficient (Wildman–Crippen LogP) is 7.70. The van der Waals surface area contributed by atoms with Crippen LogP contribution in [0.5, 0.6) is 0 Å². The average molecular weight is 494 g/mol. The summed E-state index contributed by atoms with van der Waals surface area (Å²) in [7, 11) is 0. The zero-order valence-electron chi connectivity index (χ0n) is 18.6. The number of halogens is 4. The van der Waals surface area contributed by atoms with Gasteiger partial charge in [-0.05, 0) is 82.0 Å². The highest BCUT2D eigenvalue weighted by molar-refractivity contribution is 8.18. The molecule has 4 rings (SSSR count). The fourth-order valence-corrected chi connectivity index (χ4v) is 5.46. The third-order valence-electron chi connectivity index (χ3n) is 6.52. The summed E-state index contributed by atoms with van der Waals surface area (Å²) in [4.78, 5) is 23.4. The lowest BCUT2D eigenvalue weighted by atomic mass is 9.62. The highest BCUT2D eigenvalue weighted by atomic mass is 35.5. The van der Waals surface area contributed by atoms with Gasteiger partial charge in [-0.2, -0.15) is 13.2 Å². The van der Waals surface area contributed by atoms with Crippen molar-refractivity contribution in [2.75, 3.05) is 0 Å². The summed E-state index contributed by atoms with van der Waals surface area (Å²) in [5.74, 6) is -0.510. The molecule has 1 heterocycles. The molecule has 1 fully saturated rings. The van der Waals surface area contributed by atoms with E-state index in [-0.39, 0.29) is 31.9 Å². The van der Waals surface area contributed by atoms with Crippen molar-refractivity contribution in [3.63, 3.8) is 0 Å². The number of fused-ring (bicyclic) bond motifs is 1. The van der Waals surface area contributed by atoms with Gasteiger partial charge < -0.3 is 0 Å². The zero-order chi connectivity index (χ0) is 24.3. The fraction of sp³-hybridized carbons (Fsp3) is 0.360. The molecule has 1 aliphatic carbocycles. The Morgan fingerprint density at radius 1 is 0.970 bits per heavy atom. The van der Waals surface area contributed by atoms with E-state index in [1.807, 2.05) is 13.8 Å². The van der Waals surface area contributed by atoms with Crippen molar-refractivity contribution in [1.82, 2.24) is 5.32 Å². The number of hydrogen-bond acceptors (Lipinski definition) is 3. The van der Waals surface area contributed by atoms with Gasteiger partial charge in [-0.25, -0.2) is 0 Å². The molecule has 1 aliphatic heterocycles. The Morgan fingerprint density at radius 3 is 2.09 bits per heavy atom. The van der Waals surface area contributed by atoms with Gasteiger partial charge in [0.25, 0.3) is 11.1 Å². The number of alkyl halides is 3. The minimum atomic E-state index is -4.55. The summed E-state index contributed by atoms with van der Waals surface area (Å²) >= 11 is 7.24. The number of benzene rings is 2. The van der Waals surface area contributed by atoms with Gasteiger partial charge in [-0.15, -0.1) is 0 Å². The van der Waals surface area contributed by atoms with E-state index in [4.69, 9.17) is 11.6 Å². The van der Waals surface area contributed by atoms with E-state index in [0.29, 0.717) is 5.56 Å². The van der Waals surface area contributed by atoms with Crippen LogP contribution in [0.1, 0.15) is 62.8 Å². The van der Waals surface area contributed by atoms with E-state index in [1.54, 1.807) is 12.1 Å². The Bertz CT molecular complexity index is 1210. The lowest BCUT2D eigenvalue weighted by Crippen LogP contribution is -2.34. The molecule has 2 aromatic carbocycles. The van der Waals surface area contributed by atoms with Crippen molar-refractivity contribution in [2.45, 2.75) is 57.5 Å². The molecular weight excluding hydrogens is 471 g/mol. The Labute approximate surface area is 199 Å². The lowest BCUT2D eigenvalue weighted by molar-refractivity contribution is -0.137. The normalized spacial score (nSPS) is 20.7. The van der Waals surface area contributed by atoms with Gasteiger partial charge in [-0.3, -0.25) is 14.9 Å². The first-order valence-corrected chi connectivity index (χ1v) is 11.7. The summed E-state index contributed by atoms with van der Waals surface area (Å²) in [6.07, 6.45) is -1.38. The van der Waals surface area contributed by atoms with Crippen LogP contribution in [0.4, 0.5) is 18.0 Å². The maximum atomic E-state index is 14.2. The van der Waals surface area contributed by atoms with Crippen LogP contribution in [0, 0.1) is 0 Å². The number of carbonyl (C=O) groups excluding carboxylic acids is 2. The van der Waals surface area contributed by atoms with Gasteiger partial charge in [0.2, 0.25) is 0 Å². The highest BCUT2D eigenvalue weighted by Gasteiger charge is 2.42. The van der Waals surface area contributed by atoms with Crippen LogP contribution in [0.2, 0.25) is 5.02 Å². The molecule has 2 amide bonds. The minimum absolute atomic E-state index is 0.0411. The van der Waals surface area contributed by atoms with Crippen molar-refractivity contribution in [3.05, 3.63) is 62.5 Å². The molecule has 0 spiro atoms. The average Bonchev–Trinajstić information content (AvgIpc) is 3.01. The SMILES string of the molecule is CC1(C)CCC(C)(C)c2cc(C(F)(F)F)c(-c3ccc(/C=C4/SC(=O)NC4=O)cc3Cl)cc21. The van der Waals surface area contributed by atoms with Crippen LogP contribution in [-0.2, 0) is 21.8 Å². The van der Waals surface area contributed by atoms with E-state index < -0.39 is 22.9 Å². The first-order chi connectivity index (χ1) is 15.2. The number of carbonyl (C=O) groups is 2. The second-order valence-corrected chi connectivity index (χ2v) is 11.2. The molecule has 0 atom stereocenters. The number of amides is 2. The molecule has 3 nitrogen and oxygen atoms in total. The van der Waals surface area contributed by atoms with Gasteiger partial charge in [0.1, 0.15) is 0 Å². The molecule has 0 radical (unpaired) electrons. The molecule has 2 aliphatic rings. The van der Waals surface area contributed by atoms with E-state index in [2.05, 4.69) is 19.2 Å². The fourth-order valence-electron chi connectivity index (χ4n) is 4.48. The van der Waals surface area contributed by atoms with E-state index in [9.17, 15) is 22.8 Å². The van der Waals surface area contributed by atoms with Crippen molar-refractivity contribution in [1.29, 1.82) is 0 Å². The monoisotopic (exact) mass is 493 g/mol. The second-order valence-electron chi connectivity index (χ2n) is 9.80. The van der Waals surface area contributed by atoms with Gasteiger partial charge in [0.05, 0.1) is 10.5 Å². The molecule has 8 heteroatoms. The lowest BCUT2D eigenvalue weighted by Gasteiger charge is -2.42. The van der Waals surface area contributed by atoms with Gasteiger partial charge in [0, 0.05) is 10.6 Å². The quantitative estimate of drug-likeness (QED) is 0.436. The molecule has 1 saturated heterocycles.